The van der Waals surface area contributed by atoms with Crippen molar-refractivity contribution in [3.8, 4) is 11.8 Å². The molecule has 1 aromatic rings. The van der Waals surface area contributed by atoms with Crippen LogP contribution in [0.2, 0.25) is 0 Å². The largest absolute Gasteiger partial charge is 0.494 e. The average molecular weight is 260 g/mol. The molecule has 0 spiro atoms. The Balaban J connectivity index is 2.65. The zero-order valence-corrected chi connectivity index (χ0v) is 12.7. The Morgan fingerprint density at radius 1 is 1.37 bits per heavy atom. The molecule has 1 aromatic carbocycles. The molecule has 0 amide bonds. The van der Waals surface area contributed by atoms with Crippen LogP contribution in [0.15, 0.2) is 18.2 Å². The Kier molecular flexibility index (Phi) is 5.38. The highest BCUT2D eigenvalue weighted by molar-refractivity contribution is 5.36. The summed E-state index contributed by atoms with van der Waals surface area (Å²) in [6, 6.07) is 8.62. The molecule has 0 saturated heterocycles. The van der Waals surface area contributed by atoms with E-state index in [1.54, 1.807) is 0 Å². The van der Waals surface area contributed by atoms with Crippen molar-refractivity contribution in [2.75, 3.05) is 20.2 Å². The zero-order chi connectivity index (χ0) is 14.5. The van der Waals surface area contributed by atoms with Crippen LogP contribution in [0.1, 0.15) is 31.9 Å². The zero-order valence-electron chi connectivity index (χ0n) is 12.7. The molecule has 1 rings (SSSR count). The smallest absolute Gasteiger partial charge is 0.122 e. The molecular weight excluding hydrogens is 236 g/mol. The highest BCUT2D eigenvalue weighted by Crippen LogP contribution is 2.20. The van der Waals surface area contributed by atoms with Crippen molar-refractivity contribution in [2.24, 2.45) is 0 Å². The molecular formula is C16H24N2O. The highest BCUT2D eigenvalue weighted by atomic mass is 16.5. The van der Waals surface area contributed by atoms with Gasteiger partial charge in [-0.2, -0.15) is 5.26 Å². The normalized spacial score (nSPS) is 11.4. The number of likely N-dealkylation sites (N-methyl/N-ethyl adjacent to an activating group) is 1. The lowest BCUT2D eigenvalue weighted by Crippen LogP contribution is -2.40. The summed E-state index contributed by atoms with van der Waals surface area (Å²) in [6.45, 7) is 9.50. The first-order valence-electron chi connectivity index (χ1n) is 6.75. The number of nitrogens with zero attached hydrogens (tertiary/aromatic N) is 2. The summed E-state index contributed by atoms with van der Waals surface area (Å²) in [5.74, 6) is 0.956. The van der Waals surface area contributed by atoms with E-state index in [0.29, 0.717) is 6.61 Å². The molecule has 0 unspecified atom stereocenters. The topological polar surface area (TPSA) is 36.3 Å². The Hall–Kier alpha value is -1.53. The summed E-state index contributed by atoms with van der Waals surface area (Å²) >= 11 is 0. The van der Waals surface area contributed by atoms with E-state index in [2.05, 4.69) is 30.0 Å². The number of aryl methyl sites for hydroxylation is 1. The molecule has 3 nitrogen and oxygen atoms in total. The third-order valence-corrected chi connectivity index (χ3v) is 3.50. The molecule has 3 heteroatoms. The van der Waals surface area contributed by atoms with Gasteiger partial charge in [-0.1, -0.05) is 12.1 Å². The highest BCUT2D eigenvalue weighted by Gasteiger charge is 2.22. The Bertz CT molecular complexity index is 460. The van der Waals surface area contributed by atoms with E-state index in [-0.39, 0.29) is 0 Å². The minimum Gasteiger partial charge on any atom is -0.494 e. The van der Waals surface area contributed by atoms with Gasteiger partial charge in [-0.3, -0.25) is 4.90 Å². The van der Waals surface area contributed by atoms with Crippen LogP contribution in [0.4, 0.5) is 0 Å². The molecule has 0 atom stereocenters. The molecule has 0 aliphatic carbocycles. The van der Waals surface area contributed by atoms with Crippen molar-refractivity contribution in [3.63, 3.8) is 0 Å². The fraction of sp³-hybridized carbons (Fsp3) is 0.562. The molecule has 0 radical (unpaired) electrons. The van der Waals surface area contributed by atoms with E-state index in [0.717, 1.165) is 18.7 Å². The van der Waals surface area contributed by atoms with E-state index in [1.165, 1.54) is 11.1 Å². The number of hydrogen-bond donors (Lipinski definition) is 0. The standard InChI is InChI=1S/C16H24N2O/c1-6-19-15-8-7-14(11-13(15)2)9-10-18(5)16(3,4)12-17/h7-8,11H,6,9-10H2,1-5H3. The molecule has 0 aromatic heterocycles. The second-order valence-electron chi connectivity index (χ2n) is 5.38. The van der Waals surface area contributed by atoms with Crippen molar-refractivity contribution in [1.82, 2.24) is 4.90 Å². The Morgan fingerprint density at radius 2 is 2.05 bits per heavy atom. The van der Waals surface area contributed by atoms with Gasteiger partial charge in [0, 0.05) is 6.54 Å². The lowest BCUT2D eigenvalue weighted by Gasteiger charge is -2.28. The van der Waals surface area contributed by atoms with Gasteiger partial charge >= 0.3 is 0 Å². The van der Waals surface area contributed by atoms with Crippen LogP contribution >= 0.6 is 0 Å². The van der Waals surface area contributed by atoms with Gasteiger partial charge in [-0.05, 0) is 58.4 Å². The number of hydrogen-bond acceptors (Lipinski definition) is 3. The molecule has 0 aliphatic rings. The fourth-order valence-corrected chi connectivity index (χ4v) is 1.85. The second-order valence-corrected chi connectivity index (χ2v) is 5.38. The molecule has 0 bridgehead atoms. The monoisotopic (exact) mass is 260 g/mol. The minimum absolute atomic E-state index is 0.416. The van der Waals surface area contributed by atoms with E-state index in [4.69, 9.17) is 10.00 Å². The average Bonchev–Trinajstić information content (AvgIpc) is 2.39. The molecule has 104 valence electrons. The second kappa shape index (κ2) is 6.58. The van der Waals surface area contributed by atoms with Crippen molar-refractivity contribution in [3.05, 3.63) is 29.3 Å². The van der Waals surface area contributed by atoms with Gasteiger partial charge in [-0.25, -0.2) is 0 Å². The quantitative estimate of drug-likeness (QED) is 0.788. The van der Waals surface area contributed by atoms with Crippen LogP contribution < -0.4 is 4.74 Å². The summed E-state index contributed by atoms with van der Waals surface area (Å²) in [5.41, 5.74) is 2.03. The van der Waals surface area contributed by atoms with Crippen LogP contribution in [0.5, 0.6) is 5.75 Å². The number of benzene rings is 1. The van der Waals surface area contributed by atoms with Gasteiger partial charge in [0.2, 0.25) is 0 Å². The maximum absolute atomic E-state index is 9.09. The number of ether oxygens (including phenoxy) is 1. The van der Waals surface area contributed by atoms with Crippen LogP contribution in [-0.2, 0) is 6.42 Å². The van der Waals surface area contributed by atoms with Gasteiger partial charge in [0.05, 0.1) is 12.7 Å². The summed E-state index contributed by atoms with van der Waals surface area (Å²) in [5, 5.41) is 9.09. The van der Waals surface area contributed by atoms with Crippen LogP contribution in [0.3, 0.4) is 0 Å². The summed E-state index contributed by atoms with van der Waals surface area (Å²) in [7, 11) is 1.99. The molecule has 0 N–H and O–H groups in total. The maximum Gasteiger partial charge on any atom is 0.122 e. The fourth-order valence-electron chi connectivity index (χ4n) is 1.85. The van der Waals surface area contributed by atoms with E-state index in [9.17, 15) is 0 Å². The van der Waals surface area contributed by atoms with Crippen LogP contribution in [-0.4, -0.2) is 30.6 Å². The van der Waals surface area contributed by atoms with Crippen molar-refractivity contribution in [1.29, 1.82) is 5.26 Å². The molecule has 0 saturated carbocycles. The molecule has 0 heterocycles. The molecule has 19 heavy (non-hydrogen) atoms. The van der Waals surface area contributed by atoms with E-state index >= 15 is 0 Å². The summed E-state index contributed by atoms with van der Waals surface area (Å²) < 4.78 is 5.54. The third kappa shape index (κ3) is 4.25. The van der Waals surface area contributed by atoms with Crippen molar-refractivity contribution in [2.45, 2.75) is 39.7 Å². The molecule has 0 aliphatic heterocycles. The van der Waals surface area contributed by atoms with Crippen LogP contribution in [0.25, 0.3) is 0 Å². The first-order valence-corrected chi connectivity index (χ1v) is 6.75. The number of nitriles is 1. The van der Waals surface area contributed by atoms with Gasteiger partial charge < -0.3 is 4.74 Å². The predicted molar refractivity (Wildman–Crippen MR) is 78.4 cm³/mol. The first kappa shape index (κ1) is 15.5. The lowest BCUT2D eigenvalue weighted by atomic mass is 10.0. The first-order chi connectivity index (χ1) is 8.90. The minimum atomic E-state index is -0.416. The van der Waals surface area contributed by atoms with Gasteiger partial charge in [-0.15, -0.1) is 0 Å². The summed E-state index contributed by atoms with van der Waals surface area (Å²) in [6.07, 6.45) is 0.939. The number of rotatable bonds is 6. The Labute approximate surface area is 116 Å². The van der Waals surface area contributed by atoms with Gasteiger partial charge in [0.15, 0.2) is 0 Å². The van der Waals surface area contributed by atoms with Crippen molar-refractivity contribution < 1.29 is 4.74 Å². The molecule has 0 fully saturated rings. The Morgan fingerprint density at radius 3 is 2.58 bits per heavy atom. The van der Waals surface area contributed by atoms with Gasteiger partial charge in [0.25, 0.3) is 0 Å². The van der Waals surface area contributed by atoms with Crippen LogP contribution in [0, 0.1) is 18.3 Å². The van der Waals surface area contributed by atoms with Gasteiger partial charge in [0.1, 0.15) is 11.3 Å². The predicted octanol–water partition coefficient (Wildman–Crippen LogP) is 3.17. The third-order valence-electron chi connectivity index (χ3n) is 3.50. The summed E-state index contributed by atoms with van der Waals surface area (Å²) in [4.78, 5) is 2.08. The SMILES string of the molecule is CCOc1ccc(CCN(C)C(C)(C)C#N)cc1C. The lowest BCUT2D eigenvalue weighted by molar-refractivity contribution is 0.214. The maximum atomic E-state index is 9.09. The van der Waals surface area contributed by atoms with E-state index < -0.39 is 5.54 Å². The van der Waals surface area contributed by atoms with E-state index in [1.807, 2.05) is 33.9 Å². The van der Waals surface area contributed by atoms with Crippen molar-refractivity contribution >= 4 is 0 Å².